The molecule has 0 bridgehead atoms. The van der Waals surface area contributed by atoms with Gasteiger partial charge in [0.1, 0.15) is 11.6 Å². The minimum Gasteiger partial charge on any atom is -0.494 e. The molecule has 0 fully saturated rings. The zero-order valence-corrected chi connectivity index (χ0v) is 19.9. The number of carbonyl (C=O) groups excluding carboxylic acids is 2. The average Bonchev–Trinajstić information content (AvgIpc) is 2.72. The lowest BCUT2D eigenvalue weighted by Crippen LogP contribution is -2.39. The van der Waals surface area contributed by atoms with Gasteiger partial charge in [-0.1, -0.05) is 26.0 Å². The van der Waals surface area contributed by atoms with Crippen LogP contribution in [0.1, 0.15) is 57.6 Å². The van der Waals surface area contributed by atoms with E-state index in [9.17, 15) is 9.59 Å². The molecule has 2 heterocycles. The summed E-state index contributed by atoms with van der Waals surface area (Å²) in [6, 6.07) is 11.4. The van der Waals surface area contributed by atoms with Crippen molar-refractivity contribution in [2.24, 2.45) is 5.41 Å². The maximum atomic E-state index is 13.5. The van der Waals surface area contributed by atoms with Crippen LogP contribution in [-0.2, 0) is 9.59 Å². The standard InChI is InChI=1S/C27H31N3O3/c1-6-33-19-9-7-18(8-10-19)24-23(26(32)30-22-13-16(2)11-12-28-22)17(3)29-20-14-27(4,5)15-21(31)25(20)24/h7-13,24,29H,6,14-15H2,1-5H3,(H,28,30,32)/t24-/m0/s1. The number of nitrogens with one attached hydrogen (secondary N) is 2. The number of aryl methyl sites for hydroxylation is 1. The topological polar surface area (TPSA) is 80.3 Å². The Morgan fingerprint density at radius 2 is 1.91 bits per heavy atom. The van der Waals surface area contributed by atoms with Crippen LogP contribution in [0.15, 0.2) is 65.1 Å². The fourth-order valence-corrected chi connectivity index (χ4v) is 4.78. The lowest BCUT2D eigenvalue weighted by Gasteiger charge is -2.39. The second-order valence-electron chi connectivity index (χ2n) is 9.60. The summed E-state index contributed by atoms with van der Waals surface area (Å²) in [6.07, 6.45) is 2.88. The third-order valence-electron chi connectivity index (χ3n) is 6.17. The summed E-state index contributed by atoms with van der Waals surface area (Å²) in [4.78, 5) is 31.2. The van der Waals surface area contributed by atoms with Crippen LogP contribution in [0.4, 0.5) is 5.82 Å². The lowest BCUT2D eigenvalue weighted by atomic mass is 9.68. The molecular formula is C27H31N3O3. The number of amides is 1. The number of pyridine rings is 1. The number of aromatic nitrogens is 1. The van der Waals surface area contributed by atoms with E-state index in [2.05, 4.69) is 29.5 Å². The number of hydrogen-bond acceptors (Lipinski definition) is 5. The van der Waals surface area contributed by atoms with Crippen molar-refractivity contribution in [2.75, 3.05) is 11.9 Å². The smallest absolute Gasteiger partial charge is 0.255 e. The SMILES string of the molecule is CCOc1ccc([C@H]2C(C(=O)Nc3cc(C)ccn3)=C(C)NC3=C2C(=O)CC(C)(C)C3)cc1. The molecular weight excluding hydrogens is 414 g/mol. The van der Waals surface area contributed by atoms with Crippen molar-refractivity contribution in [1.29, 1.82) is 0 Å². The molecule has 33 heavy (non-hydrogen) atoms. The predicted octanol–water partition coefficient (Wildman–Crippen LogP) is 5.03. The molecule has 172 valence electrons. The van der Waals surface area contributed by atoms with Crippen LogP contribution in [0.2, 0.25) is 0 Å². The number of rotatable bonds is 5. The number of ketones is 1. The number of carbonyl (C=O) groups is 2. The molecule has 2 N–H and O–H groups in total. The highest BCUT2D eigenvalue weighted by atomic mass is 16.5. The van der Waals surface area contributed by atoms with Crippen molar-refractivity contribution < 1.29 is 14.3 Å². The molecule has 0 saturated heterocycles. The Bertz CT molecular complexity index is 1160. The Kier molecular flexibility index (Phi) is 6.11. The number of dihydropyridines is 1. The molecule has 1 atom stereocenters. The number of allylic oxidation sites excluding steroid dienone is 3. The minimum atomic E-state index is -0.453. The van der Waals surface area contributed by atoms with Crippen molar-refractivity contribution in [3.05, 3.63) is 76.3 Å². The van der Waals surface area contributed by atoms with Gasteiger partial charge in [-0.05, 0) is 68.0 Å². The molecule has 1 aromatic carbocycles. The molecule has 1 aliphatic carbocycles. The van der Waals surface area contributed by atoms with Crippen molar-refractivity contribution in [1.82, 2.24) is 10.3 Å². The van der Waals surface area contributed by atoms with E-state index in [0.717, 1.165) is 34.7 Å². The molecule has 6 nitrogen and oxygen atoms in total. The van der Waals surface area contributed by atoms with Crippen molar-refractivity contribution in [3.63, 3.8) is 0 Å². The maximum absolute atomic E-state index is 13.5. The number of ether oxygens (including phenoxy) is 1. The zero-order chi connectivity index (χ0) is 23.8. The number of hydrogen-bond donors (Lipinski definition) is 2. The number of Topliss-reactive ketones (excluding diaryl/α,β-unsaturated/α-hetero) is 1. The highest BCUT2D eigenvalue weighted by Gasteiger charge is 2.42. The fraction of sp³-hybridized carbons (Fsp3) is 0.370. The van der Waals surface area contributed by atoms with Gasteiger partial charge >= 0.3 is 0 Å². The zero-order valence-electron chi connectivity index (χ0n) is 19.9. The van der Waals surface area contributed by atoms with E-state index >= 15 is 0 Å². The normalized spacial score (nSPS) is 19.7. The highest BCUT2D eigenvalue weighted by Crippen LogP contribution is 2.46. The van der Waals surface area contributed by atoms with Crippen molar-refractivity contribution in [3.8, 4) is 5.75 Å². The van der Waals surface area contributed by atoms with Crippen LogP contribution in [0.3, 0.4) is 0 Å². The van der Waals surface area contributed by atoms with Crippen LogP contribution >= 0.6 is 0 Å². The Morgan fingerprint density at radius 3 is 2.58 bits per heavy atom. The van der Waals surface area contributed by atoms with Crippen LogP contribution in [0.25, 0.3) is 0 Å². The number of nitrogens with zero attached hydrogens (tertiary/aromatic N) is 1. The largest absolute Gasteiger partial charge is 0.494 e. The number of benzene rings is 1. The van der Waals surface area contributed by atoms with Crippen LogP contribution in [-0.4, -0.2) is 23.3 Å². The van der Waals surface area contributed by atoms with E-state index < -0.39 is 5.92 Å². The molecule has 1 aliphatic heterocycles. The summed E-state index contributed by atoms with van der Waals surface area (Å²) >= 11 is 0. The Balaban J connectivity index is 1.78. The second-order valence-corrected chi connectivity index (χ2v) is 9.60. The van der Waals surface area contributed by atoms with E-state index in [1.807, 2.05) is 57.2 Å². The van der Waals surface area contributed by atoms with Gasteiger partial charge in [-0.15, -0.1) is 0 Å². The first-order valence-electron chi connectivity index (χ1n) is 11.4. The predicted molar refractivity (Wildman–Crippen MR) is 129 cm³/mol. The molecule has 2 aromatic rings. The van der Waals surface area contributed by atoms with Crippen molar-refractivity contribution >= 4 is 17.5 Å². The molecule has 0 saturated carbocycles. The van der Waals surface area contributed by atoms with Crippen LogP contribution in [0, 0.1) is 12.3 Å². The summed E-state index contributed by atoms with van der Waals surface area (Å²) < 4.78 is 5.60. The summed E-state index contributed by atoms with van der Waals surface area (Å²) in [6.45, 7) is 10.6. The Hall–Kier alpha value is -3.41. The van der Waals surface area contributed by atoms with Gasteiger partial charge in [0, 0.05) is 41.1 Å². The van der Waals surface area contributed by atoms with E-state index in [4.69, 9.17) is 4.74 Å². The summed E-state index contributed by atoms with van der Waals surface area (Å²) in [5.41, 5.74) is 4.66. The molecule has 2 aliphatic rings. The molecule has 1 aromatic heterocycles. The average molecular weight is 446 g/mol. The third-order valence-corrected chi connectivity index (χ3v) is 6.17. The van der Waals surface area contributed by atoms with Gasteiger partial charge in [-0.2, -0.15) is 0 Å². The van der Waals surface area contributed by atoms with Crippen LogP contribution in [0.5, 0.6) is 5.75 Å². The molecule has 0 unspecified atom stereocenters. The lowest BCUT2D eigenvalue weighted by molar-refractivity contribution is -0.118. The Labute approximate surface area is 195 Å². The fourth-order valence-electron chi connectivity index (χ4n) is 4.78. The van der Waals surface area contributed by atoms with E-state index in [-0.39, 0.29) is 17.1 Å². The molecule has 1 amide bonds. The summed E-state index contributed by atoms with van der Waals surface area (Å²) in [5, 5.41) is 6.33. The monoisotopic (exact) mass is 445 g/mol. The van der Waals surface area contributed by atoms with Gasteiger partial charge in [0.15, 0.2) is 5.78 Å². The van der Waals surface area contributed by atoms with Gasteiger partial charge in [0.25, 0.3) is 5.91 Å². The van der Waals surface area contributed by atoms with Crippen LogP contribution < -0.4 is 15.4 Å². The first-order chi connectivity index (χ1) is 15.7. The highest BCUT2D eigenvalue weighted by molar-refractivity contribution is 6.09. The van der Waals surface area contributed by atoms with Crippen molar-refractivity contribution in [2.45, 2.75) is 53.4 Å². The van der Waals surface area contributed by atoms with E-state index in [0.29, 0.717) is 30.0 Å². The van der Waals surface area contributed by atoms with Gasteiger partial charge in [-0.25, -0.2) is 4.98 Å². The minimum absolute atomic E-state index is 0.0825. The Morgan fingerprint density at radius 1 is 1.18 bits per heavy atom. The maximum Gasteiger partial charge on any atom is 0.255 e. The summed E-state index contributed by atoms with van der Waals surface area (Å²) in [7, 11) is 0. The van der Waals surface area contributed by atoms with Gasteiger partial charge in [0.2, 0.25) is 0 Å². The van der Waals surface area contributed by atoms with E-state index in [1.54, 1.807) is 6.20 Å². The van der Waals surface area contributed by atoms with Gasteiger partial charge in [0.05, 0.1) is 6.61 Å². The molecule has 4 rings (SSSR count). The van der Waals surface area contributed by atoms with Gasteiger partial charge in [-0.3, -0.25) is 9.59 Å². The molecule has 0 spiro atoms. The third kappa shape index (κ3) is 4.70. The molecule has 0 radical (unpaired) electrons. The molecule has 6 heteroatoms. The quantitative estimate of drug-likeness (QED) is 0.675. The van der Waals surface area contributed by atoms with E-state index in [1.165, 1.54) is 0 Å². The second kappa shape index (κ2) is 8.85. The van der Waals surface area contributed by atoms with Gasteiger partial charge < -0.3 is 15.4 Å². The number of anilines is 1. The first kappa shape index (κ1) is 22.8. The summed E-state index contributed by atoms with van der Waals surface area (Å²) in [5.74, 6) is 0.614. The first-order valence-corrected chi connectivity index (χ1v) is 11.4.